The minimum absolute atomic E-state index is 0.126. The minimum Gasteiger partial charge on any atom is -0.117 e. The molecule has 1 atom stereocenters. The highest BCUT2D eigenvalue weighted by Crippen LogP contribution is 2.31. The predicted octanol–water partition coefficient (Wildman–Crippen LogP) is 6.12. The molecule has 0 saturated carbocycles. The Bertz CT molecular complexity index is 554. The minimum atomic E-state index is -0.126. The first-order valence-electron chi connectivity index (χ1n) is 5.40. The normalized spacial score (nSPS) is 12.4. The Labute approximate surface area is 135 Å². The first-order valence-corrected chi connectivity index (χ1v) is 7.67. The zero-order valence-electron chi connectivity index (χ0n) is 9.34. The number of halogens is 4. The fourth-order valence-corrected chi connectivity index (χ4v) is 2.72. The molecular weight excluding hydrogens is 401 g/mol. The van der Waals surface area contributed by atoms with Gasteiger partial charge in [0.1, 0.15) is 0 Å². The van der Waals surface area contributed by atoms with Crippen LogP contribution >= 0.6 is 57.4 Å². The van der Waals surface area contributed by atoms with Crippen molar-refractivity contribution < 1.29 is 0 Å². The lowest BCUT2D eigenvalue weighted by molar-refractivity contribution is 0.920. The van der Waals surface area contributed by atoms with E-state index in [1.165, 1.54) is 0 Å². The van der Waals surface area contributed by atoms with E-state index in [1.54, 1.807) is 0 Å². The molecule has 0 heterocycles. The maximum atomic E-state index is 6.42. The van der Waals surface area contributed by atoms with Crippen LogP contribution in [0, 0.1) is 3.57 Å². The maximum Gasteiger partial charge on any atom is 0.0626 e. The molecule has 0 amide bonds. The number of benzene rings is 2. The van der Waals surface area contributed by atoms with Gasteiger partial charge in [-0.3, -0.25) is 0 Å². The van der Waals surface area contributed by atoms with E-state index >= 15 is 0 Å². The zero-order valence-corrected chi connectivity index (χ0v) is 13.8. The van der Waals surface area contributed by atoms with Crippen LogP contribution in [-0.2, 0) is 6.42 Å². The molecule has 18 heavy (non-hydrogen) atoms. The second-order valence-corrected chi connectivity index (χ2v) is 6.44. The standard InChI is InChI=1S/C14H10Cl3I/c15-11-4-2-1-3-9(11)7-12(16)10-5-6-14(18)13(17)8-10/h1-6,8,12H,7H2. The lowest BCUT2D eigenvalue weighted by Gasteiger charge is -2.12. The van der Waals surface area contributed by atoms with Gasteiger partial charge in [-0.05, 0) is 58.3 Å². The number of alkyl halides is 1. The summed E-state index contributed by atoms with van der Waals surface area (Å²) in [7, 11) is 0. The summed E-state index contributed by atoms with van der Waals surface area (Å²) in [6.07, 6.45) is 0.693. The molecule has 0 radical (unpaired) electrons. The second-order valence-electron chi connectivity index (χ2n) is 3.94. The molecule has 0 aliphatic heterocycles. The monoisotopic (exact) mass is 410 g/mol. The maximum absolute atomic E-state index is 6.42. The molecule has 2 aromatic rings. The van der Waals surface area contributed by atoms with Gasteiger partial charge in [-0.2, -0.15) is 0 Å². The summed E-state index contributed by atoms with van der Waals surface area (Å²) in [5.74, 6) is 0. The van der Waals surface area contributed by atoms with Crippen LogP contribution in [0.4, 0.5) is 0 Å². The van der Waals surface area contributed by atoms with Gasteiger partial charge in [0.15, 0.2) is 0 Å². The van der Waals surface area contributed by atoms with Crippen molar-refractivity contribution in [3.63, 3.8) is 0 Å². The summed E-state index contributed by atoms with van der Waals surface area (Å²) in [4.78, 5) is 0. The van der Waals surface area contributed by atoms with Crippen LogP contribution in [0.25, 0.3) is 0 Å². The highest BCUT2D eigenvalue weighted by atomic mass is 127. The van der Waals surface area contributed by atoms with Crippen molar-refractivity contribution >= 4 is 57.4 Å². The number of hydrogen-bond donors (Lipinski definition) is 0. The Morgan fingerprint density at radius 3 is 2.39 bits per heavy atom. The average molecular weight is 411 g/mol. The van der Waals surface area contributed by atoms with Crippen molar-refractivity contribution in [2.45, 2.75) is 11.8 Å². The van der Waals surface area contributed by atoms with E-state index < -0.39 is 0 Å². The van der Waals surface area contributed by atoms with Gasteiger partial charge < -0.3 is 0 Å². The highest BCUT2D eigenvalue weighted by molar-refractivity contribution is 14.1. The largest absolute Gasteiger partial charge is 0.117 e. The van der Waals surface area contributed by atoms with Crippen molar-refractivity contribution in [2.75, 3.05) is 0 Å². The first kappa shape index (κ1) is 14.4. The van der Waals surface area contributed by atoms with Crippen molar-refractivity contribution in [3.8, 4) is 0 Å². The van der Waals surface area contributed by atoms with Gasteiger partial charge in [-0.1, -0.05) is 47.5 Å². The van der Waals surface area contributed by atoms with E-state index in [1.807, 2.05) is 42.5 Å². The molecule has 1 unspecified atom stereocenters. The van der Waals surface area contributed by atoms with Crippen LogP contribution in [0.5, 0.6) is 0 Å². The molecule has 4 heteroatoms. The molecule has 0 N–H and O–H groups in total. The molecule has 0 bridgehead atoms. The Morgan fingerprint density at radius 2 is 1.72 bits per heavy atom. The lowest BCUT2D eigenvalue weighted by Crippen LogP contribution is -1.97. The van der Waals surface area contributed by atoms with Gasteiger partial charge in [0.2, 0.25) is 0 Å². The van der Waals surface area contributed by atoms with Crippen LogP contribution in [0.1, 0.15) is 16.5 Å². The van der Waals surface area contributed by atoms with E-state index in [9.17, 15) is 0 Å². The fourth-order valence-electron chi connectivity index (χ4n) is 1.68. The third-order valence-electron chi connectivity index (χ3n) is 2.66. The molecule has 0 aromatic heterocycles. The first-order chi connectivity index (χ1) is 8.58. The molecule has 0 nitrogen and oxygen atoms in total. The van der Waals surface area contributed by atoms with E-state index in [4.69, 9.17) is 34.8 Å². The third-order valence-corrected chi connectivity index (χ3v) is 5.01. The summed E-state index contributed by atoms with van der Waals surface area (Å²) in [6, 6.07) is 13.6. The van der Waals surface area contributed by atoms with Gasteiger partial charge in [0.05, 0.1) is 10.4 Å². The lowest BCUT2D eigenvalue weighted by atomic mass is 10.0. The van der Waals surface area contributed by atoms with Gasteiger partial charge in [-0.15, -0.1) is 11.6 Å². The van der Waals surface area contributed by atoms with E-state index in [0.29, 0.717) is 6.42 Å². The summed E-state index contributed by atoms with van der Waals surface area (Å²) >= 11 is 20.8. The van der Waals surface area contributed by atoms with Crippen LogP contribution in [0.15, 0.2) is 42.5 Å². The summed E-state index contributed by atoms with van der Waals surface area (Å²) in [5, 5.41) is 1.36. The number of rotatable bonds is 3. The summed E-state index contributed by atoms with van der Waals surface area (Å²) in [5.41, 5.74) is 2.07. The molecule has 0 saturated heterocycles. The Morgan fingerprint density at radius 1 is 1.00 bits per heavy atom. The van der Waals surface area contributed by atoms with Crippen LogP contribution in [0.3, 0.4) is 0 Å². The van der Waals surface area contributed by atoms with Crippen molar-refractivity contribution in [1.29, 1.82) is 0 Å². The van der Waals surface area contributed by atoms with Crippen molar-refractivity contribution in [2.24, 2.45) is 0 Å². The average Bonchev–Trinajstić information content (AvgIpc) is 2.35. The van der Waals surface area contributed by atoms with Gasteiger partial charge in [0.25, 0.3) is 0 Å². The molecule has 0 spiro atoms. The van der Waals surface area contributed by atoms with Crippen LogP contribution < -0.4 is 0 Å². The van der Waals surface area contributed by atoms with Gasteiger partial charge in [-0.25, -0.2) is 0 Å². The highest BCUT2D eigenvalue weighted by Gasteiger charge is 2.12. The quantitative estimate of drug-likeness (QED) is 0.422. The van der Waals surface area contributed by atoms with Crippen molar-refractivity contribution in [3.05, 3.63) is 67.2 Å². The fraction of sp³-hybridized carbons (Fsp3) is 0.143. The Balaban J connectivity index is 2.19. The van der Waals surface area contributed by atoms with Crippen LogP contribution in [-0.4, -0.2) is 0 Å². The second kappa shape index (κ2) is 6.47. The molecule has 2 aromatic carbocycles. The van der Waals surface area contributed by atoms with Crippen LogP contribution in [0.2, 0.25) is 10.0 Å². The van der Waals surface area contributed by atoms with E-state index in [0.717, 1.165) is 24.7 Å². The molecule has 94 valence electrons. The molecular formula is C14H10Cl3I. The van der Waals surface area contributed by atoms with Crippen molar-refractivity contribution in [1.82, 2.24) is 0 Å². The number of hydrogen-bond acceptors (Lipinski definition) is 0. The third kappa shape index (κ3) is 3.53. The van der Waals surface area contributed by atoms with E-state index in [-0.39, 0.29) is 5.38 Å². The topological polar surface area (TPSA) is 0 Å². The summed E-state index contributed by atoms with van der Waals surface area (Å²) < 4.78 is 1.03. The SMILES string of the molecule is Clc1cc(C(Cl)Cc2ccccc2Cl)ccc1I. The molecule has 0 aliphatic rings. The Hall–Kier alpha value is 0.0400. The van der Waals surface area contributed by atoms with E-state index in [2.05, 4.69) is 22.6 Å². The van der Waals surface area contributed by atoms with Gasteiger partial charge in [0, 0.05) is 8.59 Å². The molecule has 0 fully saturated rings. The zero-order chi connectivity index (χ0) is 13.1. The van der Waals surface area contributed by atoms with Gasteiger partial charge >= 0.3 is 0 Å². The predicted molar refractivity (Wildman–Crippen MR) is 87.9 cm³/mol. The molecule has 2 rings (SSSR count). The summed E-state index contributed by atoms with van der Waals surface area (Å²) in [6.45, 7) is 0. The molecule has 0 aliphatic carbocycles. The smallest absolute Gasteiger partial charge is 0.0626 e. The Kier molecular flexibility index (Phi) is 5.19.